The van der Waals surface area contributed by atoms with Gasteiger partial charge >= 0.3 is 5.97 Å². The van der Waals surface area contributed by atoms with Crippen molar-refractivity contribution >= 4 is 32.6 Å². The van der Waals surface area contributed by atoms with Gasteiger partial charge < -0.3 is 15.0 Å². The van der Waals surface area contributed by atoms with Crippen molar-refractivity contribution in [3.8, 4) is 22.3 Å². The average Bonchev–Trinajstić information content (AvgIpc) is 3.46. The van der Waals surface area contributed by atoms with Gasteiger partial charge in [0.1, 0.15) is 0 Å². The molecule has 6 rings (SSSR count). The summed E-state index contributed by atoms with van der Waals surface area (Å²) >= 11 is 0. The van der Waals surface area contributed by atoms with E-state index >= 15 is 0 Å². The first-order valence-electron chi connectivity index (χ1n) is 14.2. The molecule has 0 aliphatic rings. The molecule has 0 atom stereocenters. The van der Waals surface area contributed by atoms with E-state index in [0.29, 0.717) is 23.2 Å². The topological polar surface area (TPSA) is 118 Å². The van der Waals surface area contributed by atoms with E-state index < -0.39 is 15.8 Å². The zero-order valence-electron chi connectivity index (χ0n) is 24.3. The van der Waals surface area contributed by atoms with Crippen molar-refractivity contribution in [2.75, 3.05) is 6.26 Å². The second-order valence-corrected chi connectivity index (χ2v) is 12.8. The largest absolute Gasteiger partial charge is 0.478 e. The molecule has 2 aromatic heterocycles. The summed E-state index contributed by atoms with van der Waals surface area (Å²) in [5.41, 5.74) is 6.71. The number of nitrogens with one attached hydrogen (secondary N) is 1. The molecule has 0 fully saturated rings. The molecule has 4 aromatic carbocycles. The first-order valence-corrected chi connectivity index (χ1v) is 16.1. The molecule has 45 heavy (non-hydrogen) atoms. The normalized spacial score (nSPS) is 11.4. The van der Waals surface area contributed by atoms with E-state index in [1.165, 1.54) is 18.4 Å². The predicted octanol–water partition coefficient (Wildman–Crippen LogP) is 6.45. The Labute approximate surface area is 260 Å². The number of fused-ring (bicyclic) bond motifs is 1. The Morgan fingerprint density at radius 2 is 1.47 bits per heavy atom. The summed E-state index contributed by atoms with van der Waals surface area (Å²) in [5.74, 6) is -1.33. The highest BCUT2D eigenvalue weighted by molar-refractivity contribution is 7.90. The lowest BCUT2D eigenvalue weighted by molar-refractivity contribution is 0.0696. The standard InChI is InChI=1S/C36H29N3O5S/c1-45(43,44)32-4-2-3-29(20-32)31-19-30-15-18-39(23-25-7-9-26(10-8-25)27-13-16-37-17-14-27)34(30)33(21-31)35(40)38-22-24-5-11-28(12-6-24)36(41)42/h2-21H,22-23H2,1H3,(H,38,40)(H,41,42). The Balaban J connectivity index is 1.36. The van der Waals surface area contributed by atoms with Crippen molar-refractivity contribution in [2.45, 2.75) is 18.0 Å². The number of sulfone groups is 1. The fourth-order valence-electron chi connectivity index (χ4n) is 5.31. The zero-order chi connectivity index (χ0) is 31.6. The number of aromatic carboxylic acids is 1. The molecule has 0 saturated heterocycles. The number of nitrogens with zero attached hydrogens (tertiary/aromatic N) is 2. The van der Waals surface area contributed by atoms with Crippen LogP contribution in [0.25, 0.3) is 33.2 Å². The summed E-state index contributed by atoms with van der Waals surface area (Å²) in [7, 11) is -3.42. The molecule has 9 heteroatoms. The third-order valence-electron chi connectivity index (χ3n) is 7.68. The number of carbonyl (C=O) groups is 2. The van der Waals surface area contributed by atoms with Crippen LogP contribution in [0.4, 0.5) is 0 Å². The van der Waals surface area contributed by atoms with Crippen LogP contribution in [-0.4, -0.2) is 41.2 Å². The maximum absolute atomic E-state index is 13.8. The van der Waals surface area contributed by atoms with Gasteiger partial charge in [0, 0.05) is 43.3 Å². The minimum Gasteiger partial charge on any atom is -0.478 e. The van der Waals surface area contributed by atoms with Gasteiger partial charge in [0.05, 0.1) is 21.5 Å². The van der Waals surface area contributed by atoms with Crippen LogP contribution < -0.4 is 5.32 Å². The van der Waals surface area contributed by atoms with Crippen molar-refractivity contribution in [1.82, 2.24) is 14.9 Å². The molecular formula is C36H29N3O5S. The molecule has 0 bridgehead atoms. The van der Waals surface area contributed by atoms with Crippen LogP contribution in [0, 0.1) is 0 Å². The molecule has 0 aliphatic carbocycles. The van der Waals surface area contributed by atoms with E-state index in [4.69, 9.17) is 0 Å². The van der Waals surface area contributed by atoms with Crippen LogP contribution in [0.3, 0.4) is 0 Å². The third kappa shape index (κ3) is 6.53. The van der Waals surface area contributed by atoms with E-state index in [-0.39, 0.29) is 22.9 Å². The number of rotatable bonds is 9. The van der Waals surface area contributed by atoms with Gasteiger partial charge in [-0.3, -0.25) is 9.78 Å². The van der Waals surface area contributed by atoms with Gasteiger partial charge in [-0.2, -0.15) is 0 Å². The quantitative estimate of drug-likeness (QED) is 0.193. The summed E-state index contributed by atoms with van der Waals surface area (Å²) in [6.07, 6.45) is 6.64. The first kappa shape index (κ1) is 29.5. The Bertz CT molecular complexity index is 2140. The molecule has 2 heterocycles. The summed E-state index contributed by atoms with van der Waals surface area (Å²) in [6.45, 7) is 0.727. The molecule has 0 spiro atoms. The van der Waals surface area contributed by atoms with E-state index in [9.17, 15) is 23.1 Å². The average molecular weight is 616 g/mol. The molecular weight excluding hydrogens is 586 g/mol. The molecule has 0 saturated carbocycles. The number of carboxylic acid groups (broad SMARTS) is 1. The van der Waals surface area contributed by atoms with Gasteiger partial charge in [0.2, 0.25) is 0 Å². The second kappa shape index (κ2) is 12.2. The Morgan fingerprint density at radius 1 is 0.778 bits per heavy atom. The predicted molar refractivity (Wildman–Crippen MR) is 174 cm³/mol. The van der Waals surface area contributed by atoms with Crippen LogP contribution in [0.15, 0.2) is 127 Å². The number of carboxylic acids is 1. The van der Waals surface area contributed by atoms with Gasteiger partial charge in [-0.15, -0.1) is 0 Å². The molecule has 224 valence electrons. The lowest BCUT2D eigenvalue weighted by Gasteiger charge is -2.14. The Hall–Kier alpha value is -5.54. The lowest BCUT2D eigenvalue weighted by atomic mass is 9.99. The molecule has 1 amide bonds. The van der Waals surface area contributed by atoms with E-state index in [1.807, 2.05) is 41.1 Å². The molecule has 6 aromatic rings. The molecule has 0 aliphatic heterocycles. The number of hydrogen-bond acceptors (Lipinski definition) is 5. The van der Waals surface area contributed by atoms with E-state index in [1.54, 1.807) is 48.8 Å². The minimum absolute atomic E-state index is 0.169. The highest BCUT2D eigenvalue weighted by atomic mass is 32.2. The highest BCUT2D eigenvalue weighted by Gasteiger charge is 2.18. The maximum Gasteiger partial charge on any atom is 0.335 e. The number of hydrogen-bond donors (Lipinski definition) is 2. The monoisotopic (exact) mass is 615 g/mol. The number of aromatic nitrogens is 2. The summed E-state index contributed by atoms with van der Waals surface area (Å²) in [5, 5.41) is 13.0. The minimum atomic E-state index is -3.42. The fourth-order valence-corrected chi connectivity index (χ4v) is 5.98. The van der Waals surface area contributed by atoms with Crippen LogP contribution >= 0.6 is 0 Å². The zero-order valence-corrected chi connectivity index (χ0v) is 25.2. The highest BCUT2D eigenvalue weighted by Crippen LogP contribution is 2.31. The van der Waals surface area contributed by atoms with Crippen LogP contribution in [0.1, 0.15) is 31.8 Å². The van der Waals surface area contributed by atoms with Crippen molar-refractivity contribution in [2.24, 2.45) is 0 Å². The summed E-state index contributed by atoms with van der Waals surface area (Å²) in [6, 6.07) is 30.9. The van der Waals surface area contributed by atoms with Crippen LogP contribution in [0.5, 0.6) is 0 Å². The maximum atomic E-state index is 13.8. The van der Waals surface area contributed by atoms with Crippen molar-refractivity contribution < 1.29 is 23.1 Å². The van der Waals surface area contributed by atoms with Gasteiger partial charge in [-0.25, -0.2) is 13.2 Å². The second-order valence-electron chi connectivity index (χ2n) is 10.8. The lowest BCUT2D eigenvalue weighted by Crippen LogP contribution is -2.23. The van der Waals surface area contributed by atoms with Crippen molar-refractivity contribution in [1.29, 1.82) is 0 Å². The smallest absolute Gasteiger partial charge is 0.335 e. The fraction of sp³-hybridized carbons (Fsp3) is 0.0833. The third-order valence-corrected chi connectivity index (χ3v) is 8.79. The Morgan fingerprint density at radius 3 is 2.16 bits per heavy atom. The number of benzene rings is 4. The van der Waals surface area contributed by atoms with Gasteiger partial charge in [0.25, 0.3) is 5.91 Å². The van der Waals surface area contributed by atoms with Gasteiger partial charge in [-0.1, -0.05) is 48.5 Å². The molecule has 0 radical (unpaired) electrons. The summed E-state index contributed by atoms with van der Waals surface area (Å²) < 4.78 is 26.5. The number of carbonyl (C=O) groups excluding carboxylic acids is 1. The number of amides is 1. The van der Waals surface area contributed by atoms with Crippen molar-refractivity contribution in [3.05, 3.63) is 144 Å². The van der Waals surface area contributed by atoms with Gasteiger partial charge in [0.15, 0.2) is 9.84 Å². The van der Waals surface area contributed by atoms with E-state index in [0.717, 1.165) is 33.2 Å². The SMILES string of the molecule is CS(=O)(=O)c1cccc(-c2cc(C(=O)NCc3ccc(C(=O)O)cc3)c3c(ccn3Cc3ccc(-c4ccncc4)cc3)c2)c1. The Kier molecular flexibility index (Phi) is 8.02. The van der Waals surface area contributed by atoms with E-state index in [2.05, 4.69) is 34.6 Å². The molecule has 8 nitrogen and oxygen atoms in total. The van der Waals surface area contributed by atoms with Crippen LogP contribution in [0.2, 0.25) is 0 Å². The van der Waals surface area contributed by atoms with Gasteiger partial charge in [-0.05, 0) is 88.0 Å². The summed E-state index contributed by atoms with van der Waals surface area (Å²) in [4.78, 5) is 29.3. The molecule has 0 unspecified atom stereocenters. The number of pyridine rings is 1. The van der Waals surface area contributed by atoms with Crippen molar-refractivity contribution in [3.63, 3.8) is 0 Å². The van der Waals surface area contributed by atoms with Crippen LogP contribution in [-0.2, 0) is 22.9 Å². The molecule has 2 N–H and O–H groups in total. The first-order chi connectivity index (χ1) is 21.7.